The van der Waals surface area contributed by atoms with Crippen molar-refractivity contribution in [3.8, 4) is 0 Å². The van der Waals surface area contributed by atoms with Crippen LogP contribution in [0.25, 0.3) is 0 Å². The molecule has 1 atom stereocenters. The molecule has 0 fully saturated rings. The van der Waals surface area contributed by atoms with Crippen LogP contribution in [0.4, 0.5) is 0 Å². The lowest BCUT2D eigenvalue weighted by atomic mass is 10.0. The molecule has 1 aliphatic rings. The fraction of sp³-hybridized carbons (Fsp3) is 0.500. The van der Waals surface area contributed by atoms with Crippen molar-refractivity contribution in [3.63, 3.8) is 0 Å². The zero-order valence-corrected chi connectivity index (χ0v) is 9.45. The van der Waals surface area contributed by atoms with E-state index in [0.717, 1.165) is 17.7 Å². The van der Waals surface area contributed by atoms with E-state index in [9.17, 15) is 4.79 Å². The summed E-state index contributed by atoms with van der Waals surface area (Å²) in [6.45, 7) is 4.12. The van der Waals surface area contributed by atoms with E-state index < -0.39 is 0 Å². The van der Waals surface area contributed by atoms with E-state index in [1.165, 1.54) is 6.33 Å². The average molecular weight is 226 g/mol. The van der Waals surface area contributed by atoms with Crippen LogP contribution in [0.15, 0.2) is 6.33 Å². The molecule has 80 valence electrons. The molecule has 5 heteroatoms. The molecule has 0 aromatic carbocycles. The molecular weight excluding hydrogens is 214 g/mol. The number of rotatable bonds is 0. The maximum Gasteiger partial charge on any atom is 0.220 e. The summed E-state index contributed by atoms with van der Waals surface area (Å²) < 4.78 is 0. The Hall–Kier alpha value is -1.16. The molecule has 0 saturated heterocycles. The summed E-state index contributed by atoms with van der Waals surface area (Å²) in [5.41, 5.74) is 1.84. The van der Waals surface area contributed by atoms with Crippen LogP contribution in [-0.2, 0) is 17.8 Å². The first-order chi connectivity index (χ1) is 7.09. The molecule has 0 spiro atoms. The van der Waals surface area contributed by atoms with Gasteiger partial charge in [-0.15, -0.1) is 0 Å². The first-order valence-corrected chi connectivity index (χ1v) is 5.23. The Labute approximate surface area is 93.3 Å². The van der Waals surface area contributed by atoms with Crippen molar-refractivity contribution in [2.24, 2.45) is 0 Å². The number of aromatic nitrogens is 2. The molecule has 1 aliphatic heterocycles. The Balaban J connectivity index is 2.38. The van der Waals surface area contributed by atoms with Gasteiger partial charge in [0, 0.05) is 18.5 Å². The Bertz CT molecular complexity index is 408. The van der Waals surface area contributed by atoms with Gasteiger partial charge in [-0.2, -0.15) is 0 Å². The Kier molecular flexibility index (Phi) is 2.61. The molecule has 0 bridgehead atoms. The third kappa shape index (κ3) is 1.81. The molecule has 2 heterocycles. The lowest BCUT2D eigenvalue weighted by Crippen LogP contribution is -2.41. The van der Waals surface area contributed by atoms with Gasteiger partial charge in [-0.25, -0.2) is 9.97 Å². The van der Waals surface area contributed by atoms with Crippen molar-refractivity contribution in [1.82, 2.24) is 14.9 Å². The maximum absolute atomic E-state index is 11.4. The van der Waals surface area contributed by atoms with E-state index in [0.29, 0.717) is 11.7 Å². The zero-order valence-electron chi connectivity index (χ0n) is 8.70. The predicted molar refractivity (Wildman–Crippen MR) is 56.4 cm³/mol. The van der Waals surface area contributed by atoms with Gasteiger partial charge in [0.25, 0.3) is 0 Å². The number of fused-ring (bicyclic) bond motifs is 1. The topological polar surface area (TPSA) is 46.1 Å². The third-order valence-corrected chi connectivity index (χ3v) is 3.06. The van der Waals surface area contributed by atoms with Crippen molar-refractivity contribution < 1.29 is 4.79 Å². The van der Waals surface area contributed by atoms with E-state index >= 15 is 0 Å². The predicted octanol–water partition coefficient (Wildman–Crippen LogP) is 1.42. The van der Waals surface area contributed by atoms with Crippen LogP contribution in [0.5, 0.6) is 0 Å². The third-order valence-electron chi connectivity index (χ3n) is 2.74. The molecule has 4 nitrogen and oxygen atoms in total. The minimum absolute atomic E-state index is 0.0721. The van der Waals surface area contributed by atoms with Gasteiger partial charge >= 0.3 is 0 Å². The van der Waals surface area contributed by atoms with Crippen molar-refractivity contribution in [2.75, 3.05) is 0 Å². The van der Waals surface area contributed by atoms with Gasteiger partial charge in [-0.1, -0.05) is 11.6 Å². The number of carbonyl (C=O) groups is 1. The number of nitrogens with zero attached hydrogens (tertiary/aromatic N) is 3. The molecule has 0 radical (unpaired) electrons. The smallest absolute Gasteiger partial charge is 0.220 e. The van der Waals surface area contributed by atoms with Crippen LogP contribution in [0.3, 0.4) is 0 Å². The van der Waals surface area contributed by atoms with E-state index in [1.807, 2.05) is 6.92 Å². The highest BCUT2D eigenvalue weighted by Gasteiger charge is 2.27. The van der Waals surface area contributed by atoms with Crippen molar-refractivity contribution in [1.29, 1.82) is 0 Å². The quantitative estimate of drug-likeness (QED) is 0.628. The van der Waals surface area contributed by atoms with E-state index in [4.69, 9.17) is 11.6 Å². The second-order valence-electron chi connectivity index (χ2n) is 3.79. The fourth-order valence-corrected chi connectivity index (χ4v) is 2.14. The molecule has 1 unspecified atom stereocenters. The summed E-state index contributed by atoms with van der Waals surface area (Å²) in [7, 11) is 0. The van der Waals surface area contributed by atoms with Gasteiger partial charge in [0.1, 0.15) is 11.5 Å². The minimum atomic E-state index is 0.0721. The summed E-state index contributed by atoms with van der Waals surface area (Å²) in [5.74, 6) is 0.0721. The van der Waals surface area contributed by atoms with Crippen LogP contribution in [0.2, 0.25) is 5.15 Å². The van der Waals surface area contributed by atoms with Gasteiger partial charge < -0.3 is 4.90 Å². The van der Waals surface area contributed by atoms with Crippen molar-refractivity contribution in [2.45, 2.75) is 32.9 Å². The molecular formula is C10H12ClN3O. The average Bonchev–Trinajstić information content (AvgIpc) is 2.18. The number of halogens is 1. The second kappa shape index (κ2) is 3.77. The highest BCUT2D eigenvalue weighted by Crippen LogP contribution is 2.25. The van der Waals surface area contributed by atoms with Gasteiger partial charge in [0.05, 0.1) is 12.2 Å². The highest BCUT2D eigenvalue weighted by atomic mass is 35.5. The molecule has 0 N–H and O–H groups in total. The summed E-state index contributed by atoms with van der Waals surface area (Å²) >= 11 is 5.98. The Morgan fingerprint density at radius 2 is 2.33 bits per heavy atom. The minimum Gasteiger partial charge on any atom is -0.334 e. The summed E-state index contributed by atoms with van der Waals surface area (Å²) in [5, 5.41) is 0.509. The fourth-order valence-electron chi connectivity index (χ4n) is 1.91. The van der Waals surface area contributed by atoms with Gasteiger partial charge in [-0.05, 0) is 13.3 Å². The maximum atomic E-state index is 11.4. The molecule has 15 heavy (non-hydrogen) atoms. The first kappa shape index (κ1) is 10.4. The summed E-state index contributed by atoms with van der Waals surface area (Å²) in [6, 6.07) is 0.165. The van der Waals surface area contributed by atoms with Crippen molar-refractivity contribution >= 4 is 17.5 Å². The molecule has 1 aromatic rings. The van der Waals surface area contributed by atoms with Crippen LogP contribution in [0.1, 0.15) is 25.1 Å². The molecule has 1 amide bonds. The zero-order chi connectivity index (χ0) is 11.0. The molecule has 0 saturated carbocycles. The van der Waals surface area contributed by atoms with E-state index in [-0.39, 0.29) is 11.9 Å². The first-order valence-electron chi connectivity index (χ1n) is 4.85. The van der Waals surface area contributed by atoms with Gasteiger partial charge in [0.2, 0.25) is 5.91 Å². The summed E-state index contributed by atoms with van der Waals surface area (Å²) in [4.78, 5) is 21.3. The molecule has 1 aromatic heterocycles. The van der Waals surface area contributed by atoms with Crippen LogP contribution in [-0.4, -0.2) is 26.8 Å². The number of hydrogen-bond donors (Lipinski definition) is 0. The largest absolute Gasteiger partial charge is 0.334 e. The standard InChI is InChI=1S/C10H12ClN3O/c1-6-3-8-9(4-14(6)7(2)15)12-5-13-10(8)11/h5-6H,3-4H2,1-2H3. The van der Waals surface area contributed by atoms with Crippen LogP contribution >= 0.6 is 11.6 Å². The van der Waals surface area contributed by atoms with Gasteiger partial charge in [-0.3, -0.25) is 4.79 Å². The highest BCUT2D eigenvalue weighted by molar-refractivity contribution is 6.30. The Morgan fingerprint density at radius 1 is 1.60 bits per heavy atom. The van der Waals surface area contributed by atoms with Crippen molar-refractivity contribution in [3.05, 3.63) is 22.7 Å². The van der Waals surface area contributed by atoms with E-state index in [1.54, 1.807) is 11.8 Å². The Morgan fingerprint density at radius 3 is 3.00 bits per heavy atom. The van der Waals surface area contributed by atoms with Gasteiger partial charge in [0.15, 0.2) is 0 Å². The van der Waals surface area contributed by atoms with E-state index in [2.05, 4.69) is 9.97 Å². The number of hydrogen-bond acceptors (Lipinski definition) is 3. The monoisotopic (exact) mass is 225 g/mol. The normalized spacial score (nSPS) is 19.9. The number of carbonyl (C=O) groups excluding carboxylic acids is 1. The SMILES string of the molecule is CC(=O)N1Cc2ncnc(Cl)c2CC1C. The second-order valence-corrected chi connectivity index (χ2v) is 4.15. The van der Waals surface area contributed by atoms with Crippen LogP contribution < -0.4 is 0 Å². The lowest BCUT2D eigenvalue weighted by Gasteiger charge is -2.33. The molecule has 0 aliphatic carbocycles. The molecule has 2 rings (SSSR count). The number of amides is 1. The van der Waals surface area contributed by atoms with Crippen LogP contribution in [0, 0.1) is 0 Å². The lowest BCUT2D eigenvalue weighted by molar-refractivity contribution is -0.131. The summed E-state index contributed by atoms with van der Waals surface area (Å²) in [6.07, 6.45) is 2.17.